The zero-order valence-corrected chi connectivity index (χ0v) is 14.5. The van der Waals surface area contributed by atoms with Gasteiger partial charge in [0.2, 0.25) is 0 Å². The van der Waals surface area contributed by atoms with E-state index >= 15 is 0 Å². The Morgan fingerprint density at radius 2 is 2.19 bits per heavy atom. The van der Waals surface area contributed by atoms with Crippen molar-refractivity contribution in [3.8, 4) is 5.69 Å². The number of nitrogens with zero attached hydrogens (tertiary/aromatic N) is 5. The fraction of sp³-hybridized carbons (Fsp3) is 0.188. The zero-order valence-electron chi connectivity index (χ0n) is 13.7. The van der Waals surface area contributed by atoms with Gasteiger partial charge in [-0.2, -0.15) is 5.10 Å². The molecule has 0 bridgehead atoms. The molecule has 10 heteroatoms. The highest BCUT2D eigenvalue weighted by Gasteiger charge is 2.22. The maximum Gasteiger partial charge on any atom is 0.277 e. The molecule has 0 aromatic carbocycles. The number of anilines is 1. The maximum atomic E-state index is 12.4. The molecule has 4 heterocycles. The quantitative estimate of drug-likeness (QED) is 0.724. The molecule has 0 aliphatic carbocycles. The van der Waals surface area contributed by atoms with Crippen molar-refractivity contribution in [3.05, 3.63) is 52.7 Å². The Hall–Kier alpha value is -3.20. The van der Waals surface area contributed by atoms with E-state index in [0.717, 1.165) is 0 Å². The van der Waals surface area contributed by atoms with Gasteiger partial charge < -0.3 is 10.6 Å². The highest BCUT2D eigenvalue weighted by molar-refractivity contribution is 6.33. The summed E-state index contributed by atoms with van der Waals surface area (Å²) in [6.07, 6.45) is 3.32. The van der Waals surface area contributed by atoms with Crippen LogP contribution in [0.15, 0.2) is 30.6 Å². The summed E-state index contributed by atoms with van der Waals surface area (Å²) in [5.41, 5.74) is 1.87. The van der Waals surface area contributed by atoms with Crippen molar-refractivity contribution in [2.45, 2.75) is 13.5 Å². The molecule has 1 aliphatic rings. The van der Waals surface area contributed by atoms with Crippen LogP contribution in [0.4, 0.5) is 5.82 Å². The average molecular weight is 372 g/mol. The molecule has 2 N–H and O–H groups in total. The molecule has 0 fully saturated rings. The SMILES string of the molecule is Cc1nccc(-n2ccc(NC(=O)c3cc4n(n3)CCNC4=O)n2)c1Cl. The Balaban J connectivity index is 1.55. The van der Waals surface area contributed by atoms with Gasteiger partial charge in [0.1, 0.15) is 5.69 Å². The Kier molecular flexibility index (Phi) is 3.92. The van der Waals surface area contributed by atoms with Crippen LogP contribution in [0.1, 0.15) is 26.7 Å². The van der Waals surface area contributed by atoms with Crippen molar-refractivity contribution < 1.29 is 9.59 Å². The minimum atomic E-state index is -0.443. The summed E-state index contributed by atoms with van der Waals surface area (Å²) >= 11 is 6.25. The summed E-state index contributed by atoms with van der Waals surface area (Å²) in [6, 6.07) is 4.84. The lowest BCUT2D eigenvalue weighted by atomic mass is 10.3. The van der Waals surface area contributed by atoms with Gasteiger partial charge in [0.15, 0.2) is 11.5 Å². The second kappa shape index (κ2) is 6.26. The van der Waals surface area contributed by atoms with E-state index in [1.54, 1.807) is 36.1 Å². The maximum absolute atomic E-state index is 12.4. The number of fused-ring (bicyclic) bond motifs is 1. The van der Waals surface area contributed by atoms with E-state index < -0.39 is 5.91 Å². The number of nitrogens with one attached hydrogen (secondary N) is 2. The van der Waals surface area contributed by atoms with E-state index in [1.165, 1.54) is 10.7 Å². The van der Waals surface area contributed by atoms with Crippen molar-refractivity contribution in [2.75, 3.05) is 11.9 Å². The van der Waals surface area contributed by atoms with Gasteiger partial charge in [-0.15, -0.1) is 5.10 Å². The number of aryl methyl sites for hydroxylation is 1. The number of pyridine rings is 1. The molecule has 2 amide bonds. The second-order valence-corrected chi connectivity index (χ2v) is 6.10. The Labute approximate surface area is 153 Å². The van der Waals surface area contributed by atoms with Crippen molar-refractivity contribution in [2.24, 2.45) is 0 Å². The van der Waals surface area contributed by atoms with Gasteiger partial charge in [-0.05, 0) is 13.0 Å². The van der Waals surface area contributed by atoms with E-state index in [0.29, 0.717) is 41.0 Å². The molecule has 9 nitrogen and oxygen atoms in total. The van der Waals surface area contributed by atoms with Gasteiger partial charge in [-0.3, -0.25) is 19.3 Å². The first-order valence-electron chi connectivity index (χ1n) is 7.87. The predicted octanol–water partition coefficient (Wildman–Crippen LogP) is 1.42. The largest absolute Gasteiger partial charge is 0.349 e. The number of amides is 2. The summed E-state index contributed by atoms with van der Waals surface area (Å²) in [6.45, 7) is 2.82. The molecule has 0 unspecified atom stereocenters. The summed E-state index contributed by atoms with van der Waals surface area (Å²) in [7, 11) is 0. The topological polar surface area (TPSA) is 107 Å². The first-order valence-corrected chi connectivity index (χ1v) is 8.25. The lowest BCUT2D eigenvalue weighted by Gasteiger charge is -2.13. The van der Waals surface area contributed by atoms with Crippen LogP contribution < -0.4 is 10.6 Å². The van der Waals surface area contributed by atoms with Crippen LogP contribution in [0.25, 0.3) is 5.69 Å². The molecule has 3 aromatic rings. The highest BCUT2D eigenvalue weighted by Crippen LogP contribution is 2.22. The Bertz CT molecular complexity index is 1020. The van der Waals surface area contributed by atoms with E-state index in [1.807, 2.05) is 0 Å². The van der Waals surface area contributed by atoms with Crippen molar-refractivity contribution in [3.63, 3.8) is 0 Å². The minimum absolute atomic E-state index is 0.157. The molecule has 0 atom stereocenters. The van der Waals surface area contributed by atoms with Crippen molar-refractivity contribution >= 4 is 29.2 Å². The number of hydrogen-bond acceptors (Lipinski definition) is 5. The van der Waals surface area contributed by atoms with E-state index in [2.05, 4.69) is 25.8 Å². The molecule has 0 radical (unpaired) electrons. The van der Waals surface area contributed by atoms with Crippen LogP contribution in [0.3, 0.4) is 0 Å². The fourth-order valence-corrected chi connectivity index (χ4v) is 2.86. The zero-order chi connectivity index (χ0) is 18.3. The number of rotatable bonds is 3. The van der Waals surface area contributed by atoms with Gasteiger partial charge in [0, 0.05) is 31.1 Å². The van der Waals surface area contributed by atoms with Crippen molar-refractivity contribution in [1.82, 2.24) is 29.9 Å². The molecule has 4 rings (SSSR count). The number of halogens is 1. The third-order valence-electron chi connectivity index (χ3n) is 3.98. The molecule has 0 saturated carbocycles. The van der Waals surface area contributed by atoms with Crippen LogP contribution in [-0.2, 0) is 6.54 Å². The van der Waals surface area contributed by atoms with Gasteiger partial charge in [-0.1, -0.05) is 11.6 Å². The smallest absolute Gasteiger partial charge is 0.277 e. The van der Waals surface area contributed by atoms with Crippen molar-refractivity contribution in [1.29, 1.82) is 0 Å². The minimum Gasteiger partial charge on any atom is -0.349 e. The second-order valence-electron chi connectivity index (χ2n) is 5.72. The number of hydrogen-bond donors (Lipinski definition) is 2. The van der Waals surface area contributed by atoms with Gasteiger partial charge in [-0.25, -0.2) is 4.68 Å². The van der Waals surface area contributed by atoms with Crippen LogP contribution in [-0.4, -0.2) is 42.9 Å². The number of carbonyl (C=O) groups is 2. The van der Waals surface area contributed by atoms with Crippen LogP contribution in [0.2, 0.25) is 5.02 Å². The van der Waals surface area contributed by atoms with Gasteiger partial charge in [0.05, 0.1) is 22.9 Å². The first kappa shape index (κ1) is 16.3. The van der Waals surface area contributed by atoms with E-state index in [9.17, 15) is 9.59 Å². The third kappa shape index (κ3) is 2.82. The number of aromatic nitrogens is 5. The van der Waals surface area contributed by atoms with Crippen LogP contribution in [0, 0.1) is 6.92 Å². The normalized spacial score (nSPS) is 13.2. The van der Waals surface area contributed by atoms with Crippen LogP contribution >= 0.6 is 11.6 Å². The standard InChI is InChI=1S/C16H14ClN7O2/c1-9-14(17)11(2-4-18-9)23-6-3-13(22-23)20-15(25)10-8-12-16(26)19-5-7-24(12)21-10/h2-4,6,8H,5,7H2,1H3,(H,19,26)(H,20,22,25). The van der Waals surface area contributed by atoms with Gasteiger partial charge >= 0.3 is 0 Å². The van der Waals surface area contributed by atoms with E-state index in [4.69, 9.17) is 11.6 Å². The fourth-order valence-electron chi connectivity index (χ4n) is 2.66. The summed E-state index contributed by atoms with van der Waals surface area (Å²) in [5, 5.41) is 14.3. The molecule has 0 saturated heterocycles. The summed E-state index contributed by atoms with van der Waals surface area (Å²) in [5.74, 6) is -0.340. The highest BCUT2D eigenvalue weighted by atomic mass is 35.5. The average Bonchev–Trinajstić information content (AvgIpc) is 3.25. The van der Waals surface area contributed by atoms with E-state index in [-0.39, 0.29) is 11.6 Å². The molecule has 132 valence electrons. The monoisotopic (exact) mass is 371 g/mol. The molecule has 26 heavy (non-hydrogen) atoms. The lowest BCUT2D eigenvalue weighted by molar-refractivity contribution is 0.0923. The molecule has 3 aromatic heterocycles. The molecule has 0 spiro atoms. The third-order valence-corrected chi connectivity index (χ3v) is 4.44. The Morgan fingerprint density at radius 3 is 3.00 bits per heavy atom. The predicted molar refractivity (Wildman–Crippen MR) is 93.6 cm³/mol. The summed E-state index contributed by atoms with van der Waals surface area (Å²) < 4.78 is 3.07. The summed E-state index contributed by atoms with van der Waals surface area (Å²) in [4.78, 5) is 28.3. The first-order chi connectivity index (χ1) is 12.5. The Morgan fingerprint density at radius 1 is 1.35 bits per heavy atom. The number of carbonyl (C=O) groups excluding carboxylic acids is 2. The lowest BCUT2D eigenvalue weighted by Crippen LogP contribution is -2.35. The molecular formula is C16H14ClN7O2. The van der Waals surface area contributed by atoms with Crippen LogP contribution in [0.5, 0.6) is 0 Å². The van der Waals surface area contributed by atoms with Gasteiger partial charge in [0.25, 0.3) is 11.8 Å². The molecular weight excluding hydrogens is 358 g/mol. The molecule has 1 aliphatic heterocycles.